The Morgan fingerprint density at radius 2 is 2.00 bits per heavy atom. The monoisotopic (exact) mass is 316 g/mol. The maximum absolute atomic E-state index is 12.5. The van der Waals surface area contributed by atoms with Crippen LogP contribution in [0.5, 0.6) is 0 Å². The molecule has 20 heavy (non-hydrogen) atoms. The fourth-order valence-electron chi connectivity index (χ4n) is 2.32. The SMILES string of the molecule is CC(C(=O)c1cccc(Cl)c1)S(=O)(=O)C1CCOCC1. The van der Waals surface area contributed by atoms with Gasteiger partial charge < -0.3 is 4.74 Å². The molecular formula is C14H17ClO4S. The predicted octanol–water partition coefficient (Wildman–Crippen LogP) is 2.51. The van der Waals surface area contributed by atoms with Gasteiger partial charge in [-0.2, -0.15) is 0 Å². The number of benzene rings is 1. The predicted molar refractivity (Wildman–Crippen MR) is 78.0 cm³/mol. The molecule has 2 rings (SSSR count). The van der Waals surface area contributed by atoms with Gasteiger partial charge in [-0.05, 0) is 31.9 Å². The van der Waals surface area contributed by atoms with Gasteiger partial charge in [0, 0.05) is 23.8 Å². The Balaban J connectivity index is 2.21. The standard InChI is InChI=1S/C14H17ClO4S/c1-10(14(16)11-3-2-4-12(15)9-11)20(17,18)13-5-7-19-8-6-13/h2-4,9-10,13H,5-8H2,1H3. The second kappa shape index (κ2) is 6.24. The van der Waals surface area contributed by atoms with E-state index in [1.54, 1.807) is 18.2 Å². The van der Waals surface area contributed by atoms with Crippen LogP contribution in [0.4, 0.5) is 0 Å². The lowest BCUT2D eigenvalue weighted by atomic mass is 10.1. The summed E-state index contributed by atoms with van der Waals surface area (Å²) in [6.07, 6.45) is 0.908. The number of hydrogen-bond acceptors (Lipinski definition) is 4. The summed E-state index contributed by atoms with van der Waals surface area (Å²) in [5, 5.41) is -1.12. The van der Waals surface area contributed by atoms with Crippen molar-refractivity contribution in [1.29, 1.82) is 0 Å². The number of carbonyl (C=O) groups is 1. The normalized spacial score (nSPS) is 18.7. The first-order valence-corrected chi connectivity index (χ1v) is 8.52. The largest absolute Gasteiger partial charge is 0.381 e. The summed E-state index contributed by atoms with van der Waals surface area (Å²) in [4.78, 5) is 12.3. The van der Waals surface area contributed by atoms with Gasteiger partial charge in [0.2, 0.25) is 0 Å². The highest BCUT2D eigenvalue weighted by Crippen LogP contribution is 2.23. The van der Waals surface area contributed by atoms with Gasteiger partial charge >= 0.3 is 0 Å². The van der Waals surface area contributed by atoms with Gasteiger partial charge in [0.25, 0.3) is 0 Å². The molecule has 1 aromatic rings. The van der Waals surface area contributed by atoms with Crippen LogP contribution in [0.25, 0.3) is 0 Å². The van der Waals surface area contributed by atoms with Gasteiger partial charge in [0.1, 0.15) is 5.25 Å². The van der Waals surface area contributed by atoms with Crippen LogP contribution in [0.3, 0.4) is 0 Å². The highest BCUT2D eigenvalue weighted by molar-refractivity contribution is 7.93. The molecule has 0 bridgehead atoms. The molecule has 1 heterocycles. The van der Waals surface area contributed by atoms with Crippen molar-refractivity contribution in [1.82, 2.24) is 0 Å². The third-order valence-electron chi connectivity index (χ3n) is 3.60. The Hall–Kier alpha value is -0.910. The third kappa shape index (κ3) is 3.22. The molecule has 0 amide bonds. The van der Waals surface area contributed by atoms with Crippen LogP contribution in [0.2, 0.25) is 5.02 Å². The van der Waals surface area contributed by atoms with E-state index in [0.717, 1.165) is 0 Å². The Labute approximate surface area is 124 Å². The average Bonchev–Trinajstić information content (AvgIpc) is 2.46. The van der Waals surface area contributed by atoms with Crippen LogP contribution < -0.4 is 0 Å². The van der Waals surface area contributed by atoms with Gasteiger partial charge in [0.05, 0.1) is 5.25 Å². The molecule has 0 aromatic heterocycles. The fraction of sp³-hybridized carbons (Fsp3) is 0.500. The van der Waals surface area contributed by atoms with E-state index in [9.17, 15) is 13.2 Å². The van der Waals surface area contributed by atoms with Gasteiger partial charge in [0.15, 0.2) is 15.6 Å². The van der Waals surface area contributed by atoms with Gasteiger partial charge in [-0.3, -0.25) is 4.79 Å². The maximum Gasteiger partial charge on any atom is 0.180 e. The lowest BCUT2D eigenvalue weighted by Crippen LogP contribution is -2.38. The molecule has 0 saturated carbocycles. The Morgan fingerprint density at radius 3 is 2.60 bits per heavy atom. The first-order valence-electron chi connectivity index (χ1n) is 6.53. The summed E-state index contributed by atoms with van der Waals surface area (Å²) in [6, 6.07) is 6.38. The van der Waals surface area contributed by atoms with E-state index in [1.807, 2.05) is 0 Å². The summed E-state index contributed by atoms with van der Waals surface area (Å²) in [5.41, 5.74) is 0.334. The fourth-order valence-corrected chi connectivity index (χ4v) is 4.37. The Bertz CT molecular complexity index is 591. The Morgan fingerprint density at radius 1 is 1.35 bits per heavy atom. The molecule has 1 aliphatic heterocycles. The van der Waals surface area contributed by atoms with E-state index in [4.69, 9.17) is 16.3 Å². The molecule has 110 valence electrons. The summed E-state index contributed by atoms with van der Waals surface area (Å²) in [7, 11) is -3.49. The molecule has 4 nitrogen and oxygen atoms in total. The van der Waals surface area contributed by atoms with Gasteiger partial charge in [-0.1, -0.05) is 23.7 Å². The summed E-state index contributed by atoms with van der Waals surface area (Å²) in [5.74, 6) is -0.404. The Kier molecular flexibility index (Phi) is 4.83. The minimum Gasteiger partial charge on any atom is -0.381 e. The van der Waals surface area contributed by atoms with Crippen molar-refractivity contribution in [2.75, 3.05) is 13.2 Å². The van der Waals surface area contributed by atoms with Crippen molar-refractivity contribution in [3.63, 3.8) is 0 Å². The van der Waals surface area contributed by atoms with Crippen molar-refractivity contribution in [2.24, 2.45) is 0 Å². The average molecular weight is 317 g/mol. The number of sulfone groups is 1. The summed E-state index contributed by atoms with van der Waals surface area (Å²) >= 11 is 5.84. The highest BCUT2D eigenvalue weighted by Gasteiger charge is 2.36. The molecule has 1 unspecified atom stereocenters. The van der Waals surface area contributed by atoms with Crippen LogP contribution in [-0.2, 0) is 14.6 Å². The van der Waals surface area contributed by atoms with E-state index < -0.39 is 26.1 Å². The molecule has 0 radical (unpaired) electrons. The van der Waals surface area contributed by atoms with Crippen molar-refractivity contribution in [3.8, 4) is 0 Å². The zero-order chi connectivity index (χ0) is 14.8. The zero-order valence-electron chi connectivity index (χ0n) is 11.2. The molecule has 1 aromatic carbocycles. The lowest BCUT2D eigenvalue weighted by molar-refractivity contribution is 0.0957. The highest BCUT2D eigenvalue weighted by atomic mass is 35.5. The number of rotatable bonds is 4. The quantitative estimate of drug-likeness (QED) is 0.801. The van der Waals surface area contributed by atoms with E-state index >= 15 is 0 Å². The molecule has 0 N–H and O–H groups in total. The molecule has 6 heteroatoms. The van der Waals surface area contributed by atoms with Crippen LogP contribution in [0, 0.1) is 0 Å². The van der Waals surface area contributed by atoms with Gasteiger partial charge in [-0.15, -0.1) is 0 Å². The van der Waals surface area contributed by atoms with Crippen LogP contribution >= 0.6 is 11.6 Å². The lowest BCUT2D eigenvalue weighted by Gasteiger charge is -2.24. The van der Waals surface area contributed by atoms with Crippen LogP contribution in [-0.4, -0.2) is 37.9 Å². The van der Waals surface area contributed by atoms with Crippen LogP contribution in [0.1, 0.15) is 30.1 Å². The molecule has 1 aliphatic rings. The number of hydrogen-bond donors (Lipinski definition) is 0. The molecule has 1 atom stereocenters. The molecule has 0 aliphatic carbocycles. The molecule has 1 saturated heterocycles. The van der Waals surface area contributed by atoms with Crippen molar-refractivity contribution < 1.29 is 17.9 Å². The molecule has 1 fully saturated rings. The van der Waals surface area contributed by atoms with E-state index in [0.29, 0.717) is 36.6 Å². The first-order chi connectivity index (χ1) is 9.43. The minimum atomic E-state index is -3.49. The topological polar surface area (TPSA) is 60.4 Å². The summed E-state index contributed by atoms with van der Waals surface area (Å²) < 4.78 is 30.1. The third-order valence-corrected chi connectivity index (χ3v) is 6.44. The number of carbonyl (C=O) groups excluding carboxylic acids is 1. The first kappa shape index (κ1) is 15.5. The van der Waals surface area contributed by atoms with Crippen molar-refractivity contribution in [3.05, 3.63) is 34.9 Å². The number of ketones is 1. The van der Waals surface area contributed by atoms with E-state index in [1.165, 1.54) is 13.0 Å². The van der Waals surface area contributed by atoms with Crippen molar-refractivity contribution >= 4 is 27.2 Å². The van der Waals surface area contributed by atoms with Gasteiger partial charge in [-0.25, -0.2) is 8.42 Å². The second-order valence-electron chi connectivity index (χ2n) is 4.92. The van der Waals surface area contributed by atoms with Crippen LogP contribution in [0.15, 0.2) is 24.3 Å². The van der Waals surface area contributed by atoms with E-state index in [-0.39, 0.29) is 0 Å². The zero-order valence-corrected chi connectivity index (χ0v) is 12.8. The second-order valence-corrected chi connectivity index (χ2v) is 7.91. The minimum absolute atomic E-state index is 0.334. The molecule has 0 spiro atoms. The maximum atomic E-state index is 12.5. The number of Topliss-reactive ketones (excluding diaryl/α,β-unsaturated/α-hetero) is 1. The number of halogens is 1. The van der Waals surface area contributed by atoms with Crippen molar-refractivity contribution in [2.45, 2.75) is 30.3 Å². The number of ether oxygens (including phenoxy) is 1. The molecular weight excluding hydrogens is 300 g/mol. The van der Waals surface area contributed by atoms with E-state index in [2.05, 4.69) is 0 Å². The summed E-state index contributed by atoms with van der Waals surface area (Å²) in [6.45, 7) is 2.32. The smallest absolute Gasteiger partial charge is 0.180 e.